The Hall–Kier alpha value is -1.77. The van der Waals surface area contributed by atoms with Crippen molar-refractivity contribution in [3.05, 3.63) is 0 Å². The minimum absolute atomic E-state index is 0.0255. The lowest BCUT2D eigenvalue weighted by atomic mass is 10.2. The number of hydrogen-bond donors (Lipinski definition) is 0. The molecule has 20 heavy (non-hydrogen) atoms. The van der Waals surface area contributed by atoms with Crippen molar-refractivity contribution in [2.24, 2.45) is 9.98 Å². The second-order valence-electron chi connectivity index (χ2n) is 4.39. The molecule has 1 aliphatic heterocycles. The van der Waals surface area contributed by atoms with Crippen LogP contribution in [0, 0.1) is 0 Å². The van der Waals surface area contributed by atoms with E-state index in [4.69, 9.17) is 4.74 Å². The lowest BCUT2D eigenvalue weighted by molar-refractivity contribution is -0.142. The van der Waals surface area contributed by atoms with E-state index in [1.165, 1.54) is 12.2 Å². The van der Waals surface area contributed by atoms with Gasteiger partial charge in [-0.2, -0.15) is 0 Å². The average Bonchev–Trinajstić information content (AvgIpc) is 2.70. The molecule has 0 aliphatic carbocycles. The van der Waals surface area contributed by atoms with E-state index >= 15 is 0 Å². The summed E-state index contributed by atoms with van der Waals surface area (Å²) in [5.41, 5.74) is 0. The average molecular weight is 282 g/mol. The number of carbonyl (C=O) groups is 1. The molecule has 0 aromatic heterocycles. The van der Waals surface area contributed by atoms with Crippen molar-refractivity contribution in [1.82, 2.24) is 0 Å². The summed E-state index contributed by atoms with van der Waals surface area (Å²) in [4.78, 5) is 36.5. The Morgan fingerprint density at radius 3 is 2.05 bits per heavy atom. The molecule has 112 valence electrons. The van der Waals surface area contributed by atoms with Crippen molar-refractivity contribution in [3.63, 3.8) is 0 Å². The van der Waals surface area contributed by atoms with Gasteiger partial charge in [-0.25, -0.2) is 19.6 Å². The first-order valence-corrected chi connectivity index (χ1v) is 7.04. The monoisotopic (exact) mass is 282 g/mol. The molecule has 6 nitrogen and oxygen atoms in total. The van der Waals surface area contributed by atoms with Crippen LogP contribution in [0.1, 0.15) is 51.4 Å². The molecule has 0 spiro atoms. The Bertz CT molecular complexity index is 313. The number of rotatable bonds is 7. The predicted octanol–water partition coefficient (Wildman–Crippen LogP) is 2.32. The Kier molecular flexibility index (Phi) is 13.9. The Morgan fingerprint density at radius 1 is 0.900 bits per heavy atom. The number of esters is 1. The highest BCUT2D eigenvalue weighted by atomic mass is 16.5. The number of aliphatic imine (C=N–C) groups is 2. The zero-order chi connectivity index (χ0) is 14.9. The first kappa shape index (κ1) is 18.2. The normalized spacial score (nSPS) is 13.7. The summed E-state index contributed by atoms with van der Waals surface area (Å²) in [6.45, 7) is 1.75. The number of cyclic esters (lactones) is 1. The maximum atomic E-state index is 10.5. The minimum Gasteiger partial charge on any atom is -0.466 e. The molecule has 0 aromatic carbocycles. The SMILES string of the molecule is O=C1CCCCCO1.O=C=NCCCCCCN=C=O. The van der Waals surface area contributed by atoms with Crippen molar-refractivity contribution < 1.29 is 19.1 Å². The van der Waals surface area contributed by atoms with Gasteiger partial charge in [0.1, 0.15) is 0 Å². The largest absolute Gasteiger partial charge is 0.466 e. The van der Waals surface area contributed by atoms with Crippen LogP contribution < -0.4 is 0 Å². The van der Waals surface area contributed by atoms with E-state index in [0.717, 1.165) is 44.9 Å². The summed E-state index contributed by atoms with van der Waals surface area (Å²) in [6.07, 6.45) is 10.6. The number of unbranched alkanes of at least 4 members (excludes halogenated alkanes) is 3. The number of carbonyl (C=O) groups excluding carboxylic acids is 3. The fraction of sp³-hybridized carbons (Fsp3) is 0.786. The third-order valence-electron chi connectivity index (χ3n) is 2.71. The van der Waals surface area contributed by atoms with E-state index in [2.05, 4.69) is 9.98 Å². The van der Waals surface area contributed by atoms with Crippen LogP contribution in [0.3, 0.4) is 0 Å². The molecule has 1 rings (SSSR count). The lowest BCUT2D eigenvalue weighted by Gasteiger charge is -1.93. The van der Waals surface area contributed by atoms with Crippen molar-refractivity contribution in [1.29, 1.82) is 0 Å². The van der Waals surface area contributed by atoms with Crippen molar-refractivity contribution >= 4 is 18.1 Å². The maximum Gasteiger partial charge on any atom is 0.305 e. The molecule has 0 unspecified atom stereocenters. The second-order valence-corrected chi connectivity index (χ2v) is 4.39. The molecule has 0 aromatic rings. The van der Waals surface area contributed by atoms with Gasteiger partial charge in [0.15, 0.2) is 0 Å². The van der Waals surface area contributed by atoms with Crippen molar-refractivity contribution in [2.75, 3.05) is 19.7 Å². The van der Waals surface area contributed by atoms with E-state index < -0.39 is 0 Å². The van der Waals surface area contributed by atoms with Crippen LogP contribution in [-0.4, -0.2) is 37.8 Å². The van der Waals surface area contributed by atoms with Gasteiger partial charge in [-0.05, 0) is 32.1 Å². The molecule has 0 N–H and O–H groups in total. The van der Waals surface area contributed by atoms with Gasteiger partial charge in [0.25, 0.3) is 0 Å². The first-order chi connectivity index (χ1) is 9.81. The lowest BCUT2D eigenvalue weighted by Crippen LogP contribution is -2.00. The van der Waals surface area contributed by atoms with Gasteiger partial charge in [0.2, 0.25) is 12.2 Å². The van der Waals surface area contributed by atoms with E-state index in [0.29, 0.717) is 26.1 Å². The Morgan fingerprint density at radius 2 is 1.50 bits per heavy atom. The molecule has 1 aliphatic rings. The predicted molar refractivity (Wildman–Crippen MR) is 73.9 cm³/mol. The Balaban J connectivity index is 0.000000388. The van der Waals surface area contributed by atoms with Crippen LogP contribution in [0.25, 0.3) is 0 Å². The molecule has 0 atom stereocenters. The van der Waals surface area contributed by atoms with Gasteiger partial charge in [-0.3, -0.25) is 4.79 Å². The summed E-state index contributed by atoms with van der Waals surface area (Å²) in [6, 6.07) is 0. The molecule has 6 heteroatoms. The van der Waals surface area contributed by atoms with Crippen LogP contribution in [0.4, 0.5) is 0 Å². The van der Waals surface area contributed by atoms with E-state index in [1.807, 2.05) is 0 Å². The van der Waals surface area contributed by atoms with Gasteiger partial charge in [-0.1, -0.05) is 12.8 Å². The molecule has 0 saturated carbocycles. The van der Waals surface area contributed by atoms with Crippen LogP contribution in [0.15, 0.2) is 9.98 Å². The summed E-state index contributed by atoms with van der Waals surface area (Å²) < 4.78 is 4.76. The fourth-order valence-electron chi connectivity index (χ4n) is 1.63. The smallest absolute Gasteiger partial charge is 0.305 e. The quantitative estimate of drug-likeness (QED) is 0.310. The molecule has 0 amide bonds. The third-order valence-corrected chi connectivity index (χ3v) is 2.71. The molecular formula is C14H22N2O4. The summed E-state index contributed by atoms with van der Waals surface area (Å²) in [5.74, 6) is -0.0255. The summed E-state index contributed by atoms with van der Waals surface area (Å²) in [5, 5.41) is 0. The first-order valence-electron chi connectivity index (χ1n) is 7.04. The van der Waals surface area contributed by atoms with Gasteiger partial charge < -0.3 is 4.74 Å². The molecule has 0 radical (unpaired) electrons. The fourth-order valence-corrected chi connectivity index (χ4v) is 1.63. The highest BCUT2D eigenvalue weighted by Crippen LogP contribution is 2.06. The molecular weight excluding hydrogens is 260 g/mol. The third kappa shape index (κ3) is 14.3. The zero-order valence-corrected chi connectivity index (χ0v) is 11.8. The molecule has 0 bridgehead atoms. The zero-order valence-electron chi connectivity index (χ0n) is 11.8. The highest BCUT2D eigenvalue weighted by molar-refractivity contribution is 5.69. The van der Waals surface area contributed by atoms with Crippen molar-refractivity contribution in [2.45, 2.75) is 51.4 Å². The van der Waals surface area contributed by atoms with Gasteiger partial charge in [0, 0.05) is 6.42 Å². The summed E-state index contributed by atoms with van der Waals surface area (Å²) in [7, 11) is 0. The van der Waals surface area contributed by atoms with Crippen LogP contribution in [-0.2, 0) is 19.1 Å². The standard InChI is InChI=1S/C8H12N2O2.C6H10O2/c11-7-9-5-3-1-2-4-6-10-8-12;7-6-4-2-1-3-5-8-6/h1-6H2;1-5H2. The van der Waals surface area contributed by atoms with E-state index in [-0.39, 0.29) is 5.97 Å². The number of ether oxygens (including phenoxy) is 1. The van der Waals surface area contributed by atoms with Crippen LogP contribution in [0.2, 0.25) is 0 Å². The molecule has 1 fully saturated rings. The minimum atomic E-state index is -0.0255. The molecule has 1 saturated heterocycles. The van der Waals surface area contributed by atoms with Gasteiger partial charge in [-0.15, -0.1) is 0 Å². The van der Waals surface area contributed by atoms with E-state index in [1.54, 1.807) is 0 Å². The van der Waals surface area contributed by atoms with Crippen LogP contribution >= 0.6 is 0 Å². The van der Waals surface area contributed by atoms with Crippen LogP contribution in [0.5, 0.6) is 0 Å². The van der Waals surface area contributed by atoms with Crippen molar-refractivity contribution in [3.8, 4) is 0 Å². The second kappa shape index (κ2) is 15.3. The number of isocyanates is 2. The number of hydrogen-bond acceptors (Lipinski definition) is 6. The van der Waals surface area contributed by atoms with E-state index in [9.17, 15) is 14.4 Å². The van der Waals surface area contributed by atoms with Gasteiger partial charge in [0.05, 0.1) is 19.7 Å². The van der Waals surface area contributed by atoms with Gasteiger partial charge >= 0.3 is 5.97 Å². The Labute approximate surface area is 119 Å². The maximum absolute atomic E-state index is 10.5. The molecule has 1 heterocycles. The summed E-state index contributed by atoms with van der Waals surface area (Å²) >= 11 is 0. The number of nitrogens with zero attached hydrogens (tertiary/aromatic N) is 2. The highest BCUT2D eigenvalue weighted by Gasteiger charge is 2.05. The topological polar surface area (TPSA) is 85.2 Å².